The van der Waals surface area contributed by atoms with Crippen LogP contribution in [0.25, 0.3) is 10.9 Å². The van der Waals surface area contributed by atoms with Crippen LogP contribution in [0.1, 0.15) is 6.42 Å². The Morgan fingerprint density at radius 3 is 2.69 bits per heavy atom. The molecule has 0 unspecified atom stereocenters. The molecule has 0 saturated heterocycles. The number of rotatable bonds is 8. The minimum Gasteiger partial charge on any atom is -0.491 e. The first-order chi connectivity index (χ1) is 12.7. The van der Waals surface area contributed by atoms with Gasteiger partial charge in [-0.3, -0.25) is 9.78 Å². The predicted octanol–water partition coefficient (Wildman–Crippen LogP) is 3.85. The van der Waals surface area contributed by atoms with Gasteiger partial charge in [0, 0.05) is 23.2 Å². The number of nitrogens with one attached hydrogen (secondary N) is 1. The molecule has 0 spiro atoms. The number of pyridine rings is 1. The van der Waals surface area contributed by atoms with Gasteiger partial charge < -0.3 is 14.8 Å². The van der Waals surface area contributed by atoms with Crippen LogP contribution in [0.5, 0.6) is 11.5 Å². The SMILES string of the molecule is O=C(COc1ccc(Cl)cc1)NCCCOc1cccc2cccnc12. The molecule has 26 heavy (non-hydrogen) atoms. The zero-order chi connectivity index (χ0) is 18.2. The number of nitrogens with zero attached hydrogens (tertiary/aromatic N) is 1. The minimum atomic E-state index is -0.174. The van der Waals surface area contributed by atoms with E-state index in [1.54, 1.807) is 30.5 Å². The number of carbonyl (C=O) groups excluding carboxylic acids is 1. The predicted molar refractivity (Wildman–Crippen MR) is 102 cm³/mol. The zero-order valence-electron chi connectivity index (χ0n) is 14.2. The molecule has 0 atom stereocenters. The summed E-state index contributed by atoms with van der Waals surface area (Å²) in [4.78, 5) is 16.1. The van der Waals surface area contributed by atoms with E-state index in [0.717, 1.165) is 16.7 Å². The van der Waals surface area contributed by atoms with Crippen LogP contribution >= 0.6 is 11.6 Å². The van der Waals surface area contributed by atoms with Gasteiger partial charge in [0.1, 0.15) is 17.0 Å². The van der Waals surface area contributed by atoms with E-state index in [2.05, 4.69) is 10.3 Å². The third kappa shape index (κ3) is 5.10. The molecule has 0 saturated carbocycles. The van der Waals surface area contributed by atoms with Gasteiger partial charge in [-0.05, 0) is 42.8 Å². The molecule has 1 aromatic heterocycles. The first kappa shape index (κ1) is 18.0. The van der Waals surface area contributed by atoms with Gasteiger partial charge in [0.15, 0.2) is 6.61 Å². The van der Waals surface area contributed by atoms with E-state index in [9.17, 15) is 4.79 Å². The summed E-state index contributed by atoms with van der Waals surface area (Å²) in [5.74, 6) is 1.18. The van der Waals surface area contributed by atoms with Gasteiger partial charge in [0.05, 0.1) is 6.61 Å². The molecule has 1 heterocycles. The Morgan fingerprint density at radius 1 is 1.04 bits per heavy atom. The van der Waals surface area contributed by atoms with E-state index in [-0.39, 0.29) is 12.5 Å². The van der Waals surface area contributed by atoms with Crippen LogP contribution in [0.4, 0.5) is 0 Å². The van der Waals surface area contributed by atoms with Crippen LogP contribution in [0, 0.1) is 0 Å². The molecule has 0 bridgehead atoms. The van der Waals surface area contributed by atoms with E-state index in [1.807, 2.05) is 30.3 Å². The van der Waals surface area contributed by atoms with Crippen molar-refractivity contribution in [2.75, 3.05) is 19.8 Å². The summed E-state index contributed by atoms with van der Waals surface area (Å²) >= 11 is 5.80. The summed E-state index contributed by atoms with van der Waals surface area (Å²) in [6.45, 7) is 0.977. The molecular weight excluding hydrogens is 352 g/mol. The number of amides is 1. The highest BCUT2D eigenvalue weighted by Crippen LogP contribution is 2.22. The molecule has 0 aliphatic rings. The van der Waals surface area contributed by atoms with E-state index in [4.69, 9.17) is 21.1 Å². The number of hydrogen-bond acceptors (Lipinski definition) is 4. The molecule has 1 amide bonds. The van der Waals surface area contributed by atoms with Crippen molar-refractivity contribution in [2.45, 2.75) is 6.42 Å². The molecule has 0 fully saturated rings. The summed E-state index contributed by atoms with van der Waals surface area (Å²) in [5, 5.41) is 4.47. The largest absolute Gasteiger partial charge is 0.491 e. The molecule has 2 aromatic carbocycles. The van der Waals surface area contributed by atoms with Crippen LogP contribution in [0.3, 0.4) is 0 Å². The number of aromatic nitrogens is 1. The van der Waals surface area contributed by atoms with Gasteiger partial charge in [-0.25, -0.2) is 0 Å². The third-order valence-electron chi connectivity index (χ3n) is 3.68. The summed E-state index contributed by atoms with van der Waals surface area (Å²) < 4.78 is 11.2. The van der Waals surface area contributed by atoms with Gasteiger partial charge in [0.2, 0.25) is 0 Å². The minimum absolute atomic E-state index is 0.0320. The highest BCUT2D eigenvalue weighted by Gasteiger charge is 2.04. The van der Waals surface area contributed by atoms with E-state index in [0.29, 0.717) is 30.3 Å². The average molecular weight is 371 g/mol. The Hall–Kier alpha value is -2.79. The van der Waals surface area contributed by atoms with E-state index in [1.165, 1.54) is 0 Å². The molecule has 0 radical (unpaired) electrons. The highest BCUT2D eigenvalue weighted by atomic mass is 35.5. The lowest BCUT2D eigenvalue weighted by molar-refractivity contribution is -0.123. The van der Waals surface area contributed by atoms with Crippen molar-refractivity contribution in [2.24, 2.45) is 0 Å². The Kier molecular flexibility index (Phi) is 6.28. The van der Waals surface area contributed by atoms with Gasteiger partial charge in [-0.2, -0.15) is 0 Å². The summed E-state index contributed by atoms with van der Waals surface area (Å²) in [7, 11) is 0. The lowest BCUT2D eigenvalue weighted by Crippen LogP contribution is -2.30. The van der Waals surface area contributed by atoms with Gasteiger partial charge >= 0.3 is 0 Å². The van der Waals surface area contributed by atoms with Crippen molar-refractivity contribution in [3.05, 3.63) is 65.8 Å². The van der Waals surface area contributed by atoms with Crippen molar-refractivity contribution < 1.29 is 14.3 Å². The molecule has 0 aliphatic carbocycles. The van der Waals surface area contributed by atoms with Crippen molar-refractivity contribution in [1.29, 1.82) is 0 Å². The second-order valence-corrected chi connectivity index (χ2v) is 6.06. The molecule has 1 N–H and O–H groups in total. The standard InChI is InChI=1S/C20H19ClN2O3/c21-16-7-9-17(10-8-16)26-14-19(24)22-12-3-13-25-18-6-1-4-15-5-2-11-23-20(15)18/h1-2,4-11H,3,12-14H2,(H,22,24). The molecule has 0 aliphatic heterocycles. The number of halogens is 1. The van der Waals surface area contributed by atoms with Crippen molar-refractivity contribution >= 4 is 28.4 Å². The topological polar surface area (TPSA) is 60.5 Å². The molecule has 5 nitrogen and oxygen atoms in total. The molecule has 3 aromatic rings. The second-order valence-electron chi connectivity index (χ2n) is 5.63. The van der Waals surface area contributed by atoms with Crippen molar-refractivity contribution in [3.63, 3.8) is 0 Å². The van der Waals surface area contributed by atoms with Crippen LogP contribution in [0.15, 0.2) is 60.8 Å². The fourth-order valence-corrected chi connectivity index (χ4v) is 2.53. The van der Waals surface area contributed by atoms with E-state index < -0.39 is 0 Å². The molecular formula is C20H19ClN2O3. The summed E-state index contributed by atoms with van der Waals surface area (Å²) in [6, 6.07) is 16.6. The van der Waals surface area contributed by atoms with Crippen molar-refractivity contribution in [3.8, 4) is 11.5 Å². The fourth-order valence-electron chi connectivity index (χ4n) is 2.41. The van der Waals surface area contributed by atoms with Crippen LogP contribution in [0.2, 0.25) is 5.02 Å². The van der Waals surface area contributed by atoms with E-state index >= 15 is 0 Å². The van der Waals surface area contributed by atoms with Gasteiger partial charge in [-0.1, -0.05) is 29.8 Å². The zero-order valence-corrected chi connectivity index (χ0v) is 14.9. The number of carbonyl (C=O) groups is 1. The first-order valence-corrected chi connectivity index (χ1v) is 8.72. The lowest BCUT2D eigenvalue weighted by Gasteiger charge is -2.10. The molecule has 6 heteroatoms. The van der Waals surface area contributed by atoms with Crippen LogP contribution < -0.4 is 14.8 Å². The number of hydrogen-bond donors (Lipinski definition) is 1. The quantitative estimate of drug-likeness (QED) is 0.612. The summed E-state index contributed by atoms with van der Waals surface area (Å²) in [6.07, 6.45) is 2.44. The third-order valence-corrected chi connectivity index (χ3v) is 3.93. The average Bonchev–Trinajstić information content (AvgIpc) is 2.67. The smallest absolute Gasteiger partial charge is 0.257 e. The lowest BCUT2D eigenvalue weighted by atomic mass is 10.2. The van der Waals surface area contributed by atoms with Crippen molar-refractivity contribution in [1.82, 2.24) is 10.3 Å². The number of fused-ring (bicyclic) bond motifs is 1. The monoisotopic (exact) mass is 370 g/mol. The Bertz CT molecular complexity index is 863. The Morgan fingerprint density at radius 2 is 1.85 bits per heavy atom. The van der Waals surface area contributed by atoms with Crippen LogP contribution in [-0.2, 0) is 4.79 Å². The maximum atomic E-state index is 11.8. The molecule has 134 valence electrons. The highest BCUT2D eigenvalue weighted by molar-refractivity contribution is 6.30. The van der Waals surface area contributed by atoms with Crippen LogP contribution in [-0.4, -0.2) is 30.6 Å². The normalized spacial score (nSPS) is 10.5. The maximum absolute atomic E-state index is 11.8. The second kappa shape index (κ2) is 9.06. The maximum Gasteiger partial charge on any atom is 0.257 e. The fraction of sp³-hybridized carbons (Fsp3) is 0.200. The molecule has 3 rings (SSSR count). The summed E-state index contributed by atoms with van der Waals surface area (Å²) in [5.41, 5.74) is 0.843. The number of para-hydroxylation sites is 1. The van der Waals surface area contributed by atoms with Gasteiger partial charge in [0.25, 0.3) is 5.91 Å². The number of ether oxygens (including phenoxy) is 2. The number of benzene rings is 2. The Labute approximate surface area is 156 Å². The Balaban J connectivity index is 1.36. The first-order valence-electron chi connectivity index (χ1n) is 8.34. The van der Waals surface area contributed by atoms with Gasteiger partial charge in [-0.15, -0.1) is 0 Å².